The van der Waals surface area contributed by atoms with E-state index in [4.69, 9.17) is 4.74 Å². The van der Waals surface area contributed by atoms with Crippen LogP contribution < -0.4 is 4.74 Å². The molecule has 4 nitrogen and oxygen atoms in total. The first-order valence-electron chi connectivity index (χ1n) is 9.10. The van der Waals surface area contributed by atoms with Crippen molar-refractivity contribution in [1.82, 2.24) is 9.80 Å². The summed E-state index contributed by atoms with van der Waals surface area (Å²) in [7, 11) is 5.73. The lowest BCUT2D eigenvalue weighted by molar-refractivity contribution is -0.137. The molecule has 1 amide bonds. The first-order valence-corrected chi connectivity index (χ1v) is 9.10. The van der Waals surface area contributed by atoms with Crippen LogP contribution in [0.1, 0.15) is 31.2 Å². The first kappa shape index (κ1) is 21.3. The van der Waals surface area contributed by atoms with Gasteiger partial charge in [-0.15, -0.1) is 0 Å². The number of likely N-dealkylation sites (N-methyl/N-ethyl adjacent to an activating group) is 1. The second-order valence-electron chi connectivity index (χ2n) is 7.26. The second kappa shape index (κ2) is 9.26. The molecule has 7 heteroatoms. The molecule has 1 aliphatic carbocycles. The predicted molar refractivity (Wildman–Crippen MR) is 98.7 cm³/mol. The Kier molecular flexibility index (Phi) is 7.30. The molecule has 0 aromatic heterocycles. The van der Waals surface area contributed by atoms with Gasteiger partial charge in [0.2, 0.25) is 0 Å². The summed E-state index contributed by atoms with van der Waals surface area (Å²) < 4.78 is 43.0. The second-order valence-corrected chi connectivity index (χ2v) is 7.26. The van der Waals surface area contributed by atoms with E-state index < -0.39 is 17.8 Å². The maximum atomic E-state index is 12.6. The van der Waals surface area contributed by atoms with Crippen molar-refractivity contribution in [3.05, 3.63) is 42.0 Å². The highest BCUT2D eigenvalue weighted by Gasteiger charge is 2.30. The van der Waals surface area contributed by atoms with E-state index in [1.165, 1.54) is 12.1 Å². The van der Waals surface area contributed by atoms with Gasteiger partial charge in [0.05, 0.1) is 5.56 Å². The highest BCUT2D eigenvalue weighted by atomic mass is 19.4. The fraction of sp³-hybridized carbons (Fsp3) is 0.550. The van der Waals surface area contributed by atoms with Crippen molar-refractivity contribution in [2.24, 2.45) is 5.92 Å². The van der Waals surface area contributed by atoms with Gasteiger partial charge in [0.15, 0.2) is 0 Å². The van der Waals surface area contributed by atoms with Crippen molar-refractivity contribution in [3.8, 4) is 5.75 Å². The standard InChI is InChI=1S/C20H27F3N2O2/c1-24(2)14-4-5-15-6-10-17(11-7-15)25(3)19(26)27-18-12-8-16(9-13-18)20(21,22)23/h4-5,8-9,12-13,15,17H,6-7,10-11,14H2,1-3H3/b5-4+. The Morgan fingerprint density at radius 1 is 1.11 bits per heavy atom. The van der Waals surface area contributed by atoms with Crippen LogP contribution in [0.5, 0.6) is 5.75 Å². The zero-order chi connectivity index (χ0) is 20.0. The molecule has 0 heterocycles. The Balaban J connectivity index is 1.83. The van der Waals surface area contributed by atoms with Gasteiger partial charge in [-0.25, -0.2) is 4.79 Å². The zero-order valence-corrected chi connectivity index (χ0v) is 16.0. The normalized spacial score (nSPS) is 20.9. The van der Waals surface area contributed by atoms with Crippen LogP contribution in [0, 0.1) is 5.92 Å². The Bertz CT molecular complexity index is 634. The van der Waals surface area contributed by atoms with E-state index in [9.17, 15) is 18.0 Å². The summed E-state index contributed by atoms with van der Waals surface area (Å²) in [5, 5.41) is 0. The number of hydrogen-bond acceptors (Lipinski definition) is 3. The van der Waals surface area contributed by atoms with Gasteiger partial charge < -0.3 is 14.5 Å². The Morgan fingerprint density at radius 2 is 1.70 bits per heavy atom. The number of allylic oxidation sites excluding steroid dienone is 1. The molecule has 1 fully saturated rings. The molecule has 0 N–H and O–H groups in total. The van der Waals surface area contributed by atoms with Crippen molar-refractivity contribution in [2.75, 3.05) is 27.7 Å². The van der Waals surface area contributed by atoms with Crippen LogP contribution in [0.25, 0.3) is 0 Å². The molecule has 0 radical (unpaired) electrons. The van der Waals surface area contributed by atoms with Crippen LogP contribution in [0.4, 0.5) is 18.0 Å². The Labute approximate surface area is 158 Å². The minimum Gasteiger partial charge on any atom is -0.410 e. The monoisotopic (exact) mass is 384 g/mol. The summed E-state index contributed by atoms with van der Waals surface area (Å²) in [6.07, 6.45) is 3.26. The topological polar surface area (TPSA) is 32.8 Å². The lowest BCUT2D eigenvalue weighted by Crippen LogP contribution is -2.40. The summed E-state index contributed by atoms with van der Waals surface area (Å²) in [6, 6.07) is 4.24. The smallest absolute Gasteiger partial charge is 0.410 e. The number of halogens is 3. The van der Waals surface area contributed by atoms with E-state index in [0.29, 0.717) is 5.92 Å². The minimum atomic E-state index is -4.40. The molecule has 0 unspecified atom stereocenters. The molecule has 0 bridgehead atoms. The van der Waals surface area contributed by atoms with Crippen LogP contribution >= 0.6 is 0 Å². The molecule has 2 rings (SSSR count). The molecular weight excluding hydrogens is 357 g/mol. The summed E-state index contributed by atoms with van der Waals surface area (Å²) in [5.74, 6) is 0.640. The molecule has 1 aromatic carbocycles. The lowest BCUT2D eigenvalue weighted by Gasteiger charge is -2.33. The van der Waals surface area contributed by atoms with Gasteiger partial charge in [-0.05, 0) is 70.0 Å². The van der Waals surface area contributed by atoms with Gasteiger partial charge in [0.25, 0.3) is 0 Å². The number of rotatable bonds is 5. The average Bonchev–Trinajstić information content (AvgIpc) is 2.61. The molecule has 150 valence electrons. The maximum Gasteiger partial charge on any atom is 0.416 e. The number of ether oxygens (including phenoxy) is 1. The number of nitrogens with zero attached hydrogens (tertiary/aromatic N) is 2. The average molecular weight is 384 g/mol. The van der Waals surface area contributed by atoms with Crippen LogP contribution in [-0.2, 0) is 6.18 Å². The minimum absolute atomic E-state index is 0.0884. The number of amides is 1. The van der Waals surface area contributed by atoms with Crippen LogP contribution in [-0.4, -0.2) is 49.6 Å². The third-order valence-corrected chi connectivity index (χ3v) is 4.84. The van der Waals surface area contributed by atoms with Crippen molar-refractivity contribution in [1.29, 1.82) is 0 Å². The van der Waals surface area contributed by atoms with E-state index >= 15 is 0 Å². The van der Waals surface area contributed by atoms with Crippen molar-refractivity contribution in [3.63, 3.8) is 0 Å². The number of hydrogen-bond donors (Lipinski definition) is 0. The first-order chi connectivity index (χ1) is 12.7. The molecule has 0 saturated heterocycles. The van der Waals surface area contributed by atoms with E-state index in [1.54, 1.807) is 11.9 Å². The quantitative estimate of drug-likeness (QED) is 0.683. The summed E-state index contributed by atoms with van der Waals surface area (Å²) >= 11 is 0. The van der Waals surface area contributed by atoms with Crippen LogP contribution in [0.15, 0.2) is 36.4 Å². The summed E-state index contributed by atoms with van der Waals surface area (Å²) in [6.45, 7) is 0.916. The van der Waals surface area contributed by atoms with Gasteiger partial charge in [-0.1, -0.05) is 12.2 Å². The van der Waals surface area contributed by atoms with Crippen molar-refractivity contribution in [2.45, 2.75) is 37.9 Å². The molecule has 0 spiro atoms. The number of alkyl halides is 3. The van der Waals surface area contributed by atoms with E-state index in [0.717, 1.165) is 44.4 Å². The molecule has 0 aliphatic heterocycles. The maximum absolute atomic E-state index is 12.6. The van der Waals surface area contributed by atoms with Crippen molar-refractivity contribution < 1.29 is 22.7 Å². The summed E-state index contributed by atoms with van der Waals surface area (Å²) in [5.41, 5.74) is -0.767. The molecular formula is C20H27F3N2O2. The van der Waals surface area contributed by atoms with Gasteiger partial charge in [-0.3, -0.25) is 0 Å². The SMILES string of the molecule is CN(C)C/C=C/C1CCC(N(C)C(=O)Oc2ccc(C(F)(F)F)cc2)CC1. The molecule has 1 aliphatic rings. The van der Waals surface area contributed by atoms with E-state index in [-0.39, 0.29) is 11.8 Å². The fourth-order valence-corrected chi connectivity index (χ4v) is 3.18. The fourth-order valence-electron chi connectivity index (χ4n) is 3.18. The lowest BCUT2D eigenvalue weighted by atomic mass is 9.85. The summed E-state index contributed by atoms with van der Waals surface area (Å²) in [4.78, 5) is 15.9. The Morgan fingerprint density at radius 3 is 2.22 bits per heavy atom. The highest BCUT2D eigenvalue weighted by molar-refractivity contribution is 5.70. The number of carbonyl (C=O) groups is 1. The highest BCUT2D eigenvalue weighted by Crippen LogP contribution is 2.31. The van der Waals surface area contributed by atoms with Gasteiger partial charge in [0, 0.05) is 19.6 Å². The van der Waals surface area contributed by atoms with Crippen molar-refractivity contribution >= 4 is 6.09 Å². The van der Waals surface area contributed by atoms with Crippen LogP contribution in [0.2, 0.25) is 0 Å². The molecule has 1 aromatic rings. The largest absolute Gasteiger partial charge is 0.416 e. The van der Waals surface area contributed by atoms with E-state index in [2.05, 4.69) is 17.1 Å². The molecule has 1 saturated carbocycles. The Hall–Kier alpha value is -2.02. The number of carbonyl (C=O) groups excluding carboxylic acids is 1. The van der Waals surface area contributed by atoms with Crippen LogP contribution in [0.3, 0.4) is 0 Å². The predicted octanol–water partition coefficient (Wildman–Crippen LogP) is 4.81. The van der Waals surface area contributed by atoms with Gasteiger partial charge >= 0.3 is 12.3 Å². The third-order valence-electron chi connectivity index (χ3n) is 4.84. The zero-order valence-electron chi connectivity index (χ0n) is 16.0. The van der Waals surface area contributed by atoms with E-state index in [1.807, 2.05) is 14.1 Å². The molecule has 0 atom stereocenters. The van der Waals surface area contributed by atoms with Gasteiger partial charge in [-0.2, -0.15) is 13.2 Å². The van der Waals surface area contributed by atoms with Gasteiger partial charge in [0.1, 0.15) is 5.75 Å². The molecule has 27 heavy (non-hydrogen) atoms. The number of benzene rings is 1. The third kappa shape index (κ3) is 6.57.